The molecule has 1 atom stereocenters. The molecule has 1 saturated carbocycles. The van der Waals surface area contributed by atoms with Gasteiger partial charge in [0, 0.05) is 44.5 Å². The van der Waals surface area contributed by atoms with Gasteiger partial charge in [-0.25, -0.2) is 0 Å². The molecule has 0 bridgehead atoms. The van der Waals surface area contributed by atoms with Crippen molar-refractivity contribution in [3.8, 4) is 11.5 Å². The van der Waals surface area contributed by atoms with Gasteiger partial charge in [-0.2, -0.15) is 5.10 Å². The van der Waals surface area contributed by atoms with E-state index in [9.17, 15) is 5.11 Å². The minimum atomic E-state index is -0.526. The monoisotopic (exact) mass is 430 g/mol. The third-order valence-electron chi connectivity index (χ3n) is 6.02. The lowest BCUT2D eigenvalue weighted by atomic mass is 9.94. The zero-order valence-electron chi connectivity index (χ0n) is 19.5. The molecule has 0 spiro atoms. The van der Waals surface area contributed by atoms with Gasteiger partial charge in [-0.15, -0.1) is 0 Å². The van der Waals surface area contributed by atoms with E-state index in [1.165, 1.54) is 37.7 Å². The first kappa shape index (κ1) is 23.6. The summed E-state index contributed by atoms with van der Waals surface area (Å²) in [5.74, 6) is 1.36. The number of hydrogen-bond acceptors (Lipinski definition) is 6. The number of methoxy groups -OCH3 is 1. The Morgan fingerprint density at radius 3 is 2.55 bits per heavy atom. The van der Waals surface area contributed by atoms with Crippen molar-refractivity contribution in [1.82, 2.24) is 19.6 Å². The predicted octanol–water partition coefficient (Wildman–Crippen LogP) is 3.06. The molecule has 7 nitrogen and oxygen atoms in total. The summed E-state index contributed by atoms with van der Waals surface area (Å²) >= 11 is 0. The van der Waals surface area contributed by atoms with Crippen LogP contribution in [0.15, 0.2) is 30.6 Å². The second-order valence-corrected chi connectivity index (χ2v) is 8.88. The molecular weight excluding hydrogens is 392 g/mol. The summed E-state index contributed by atoms with van der Waals surface area (Å²) in [7, 11) is 7.77. The minimum Gasteiger partial charge on any atom is -0.493 e. The van der Waals surface area contributed by atoms with Gasteiger partial charge in [0.15, 0.2) is 11.5 Å². The maximum atomic E-state index is 10.5. The normalized spacial score (nSPS) is 16.1. The third-order valence-corrected chi connectivity index (χ3v) is 6.02. The van der Waals surface area contributed by atoms with E-state index in [-0.39, 0.29) is 6.61 Å². The highest BCUT2D eigenvalue weighted by Gasteiger charge is 2.20. The highest BCUT2D eigenvalue weighted by molar-refractivity contribution is 5.43. The summed E-state index contributed by atoms with van der Waals surface area (Å²) in [5.41, 5.74) is 2.33. The number of aromatic nitrogens is 2. The van der Waals surface area contributed by atoms with Gasteiger partial charge in [-0.1, -0.05) is 25.3 Å². The molecule has 0 saturated heterocycles. The fraction of sp³-hybridized carbons (Fsp3) is 0.625. The highest BCUT2D eigenvalue weighted by Crippen LogP contribution is 2.29. The quantitative estimate of drug-likeness (QED) is 0.591. The van der Waals surface area contributed by atoms with Crippen LogP contribution in [0.25, 0.3) is 0 Å². The topological polar surface area (TPSA) is 63.0 Å². The molecule has 31 heavy (non-hydrogen) atoms. The standard InChI is InChI=1S/C24H38N4O3/c1-26(15-20-13-25-28(3)16-20)14-19-10-11-23(24(12-19)30-4)31-18-22(29)17-27(2)21-8-6-5-7-9-21/h10-13,16,21-22,29H,5-9,14-15,17-18H2,1-4H3. The Kier molecular flexibility index (Phi) is 8.75. The Labute approximate surface area is 186 Å². The molecule has 1 aromatic heterocycles. The van der Waals surface area contributed by atoms with E-state index in [1.54, 1.807) is 7.11 Å². The Morgan fingerprint density at radius 2 is 1.87 bits per heavy atom. The highest BCUT2D eigenvalue weighted by atomic mass is 16.5. The van der Waals surface area contributed by atoms with Gasteiger partial charge in [0.05, 0.1) is 13.3 Å². The second kappa shape index (κ2) is 11.5. The van der Waals surface area contributed by atoms with Crippen molar-refractivity contribution < 1.29 is 14.6 Å². The van der Waals surface area contributed by atoms with Crippen LogP contribution < -0.4 is 9.47 Å². The van der Waals surface area contributed by atoms with Crippen LogP contribution in [0.2, 0.25) is 0 Å². The first-order chi connectivity index (χ1) is 14.9. The van der Waals surface area contributed by atoms with Crippen molar-refractivity contribution >= 4 is 0 Å². The second-order valence-electron chi connectivity index (χ2n) is 8.88. The molecule has 1 aliphatic carbocycles. The average Bonchev–Trinajstić information content (AvgIpc) is 3.17. The van der Waals surface area contributed by atoms with Crippen LogP contribution in [0.3, 0.4) is 0 Å². The number of hydrogen-bond donors (Lipinski definition) is 1. The van der Waals surface area contributed by atoms with E-state index in [1.807, 2.05) is 36.3 Å². The lowest BCUT2D eigenvalue weighted by Crippen LogP contribution is -2.40. The number of likely N-dealkylation sites (N-methyl/N-ethyl adjacent to an activating group) is 1. The van der Waals surface area contributed by atoms with Crippen molar-refractivity contribution in [3.05, 3.63) is 41.7 Å². The Balaban J connectivity index is 1.49. The van der Waals surface area contributed by atoms with Crippen LogP contribution in [0.4, 0.5) is 0 Å². The van der Waals surface area contributed by atoms with E-state index >= 15 is 0 Å². The van der Waals surface area contributed by atoms with Gasteiger partial charge >= 0.3 is 0 Å². The smallest absolute Gasteiger partial charge is 0.161 e. The Bertz CT molecular complexity index is 804. The summed E-state index contributed by atoms with van der Waals surface area (Å²) in [6, 6.07) is 6.58. The molecule has 3 rings (SSSR count). The summed E-state index contributed by atoms with van der Waals surface area (Å²) in [6.07, 6.45) is 9.79. The summed E-state index contributed by atoms with van der Waals surface area (Å²) < 4.78 is 13.3. The molecule has 1 aliphatic rings. The number of rotatable bonds is 11. The van der Waals surface area contributed by atoms with Crippen molar-refractivity contribution in [3.63, 3.8) is 0 Å². The van der Waals surface area contributed by atoms with Crippen molar-refractivity contribution in [2.75, 3.05) is 34.4 Å². The number of aliphatic hydroxyl groups excluding tert-OH is 1. The first-order valence-corrected chi connectivity index (χ1v) is 11.3. The van der Waals surface area contributed by atoms with Crippen molar-refractivity contribution in [2.45, 2.75) is 57.3 Å². The molecule has 0 radical (unpaired) electrons. The fourth-order valence-corrected chi connectivity index (χ4v) is 4.40. The first-order valence-electron chi connectivity index (χ1n) is 11.3. The molecule has 1 N–H and O–H groups in total. The van der Waals surface area contributed by atoms with E-state index in [4.69, 9.17) is 9.47 Å². The van der Waals surface area contributed by atoms with Gasteiger partial charge in [-0.3, -0.25) is 9.58 Å². The molecule has 1 unspecified atom stereocenters. The molecule has 0 aliphatic heterocycles. The average molecular weight is 431 g/mol. The predicted molar refractivity (Wildman–Crippen MR) is 122 cm³/mol. The van der Waals surface area contributed by atoms with Gasteiger partial charge in [0.25, 0.3) is 0 Å². The molecule has 172 valence electrons. The fourth-order valence-electron chi connectivity index (χ4n) is 4.40. The summed E-state index contributed by atoms with van der Waals surface area (Å²) in [6.45, 7) is 2.51. The molecule has 0 amide bonds. The maximum Gasteiger partial charge on any atom is 0.161 e. The van der Waals surface area contributed by atoms with Crippen LogP contribution in [0, 0.1) is 0 Å². The van der Waals surface area contributed by atoms with Crippen LogP contribution in [0.1, 0.15) is 43.2 Å². The minimum absolute atomic E-state index is 0.258. The number of aliphatic hydroxyl groups is 1. The van der Waals surface area contributed by atoms with E-state index in [0.29, 0.717) is 24.1 Å². The van der Waals surface area contributed by atoms with Gasteiger partial charge in [-0.05, 0) is 44.6 Å². The van der Waals surface area contributed by atoms with Gasteiger partial charge < -0.3 is 19.5 Å². The molecule has 1 heterocycles. The largest absolute Gasteiger partial charge is 0.493 e. The van der Waals surface area contributed by atoms with Crippen LogP contribution in [-0.4, -0.2) is 71.2 Å². The summed E-state index contributed by atoms with van der Waals surface area (Å²) in [4.78, 5) is 4.52. The van der Waals surface area contributed by atoms with Crippen LogP contribution >= 0.6 is 0 Å². The Hall–Kier alpha value is -2.09. The molecular formula is C24H38N4O3. The lowest BCUT2D eigenvalue weighted by molar-refractivity contribution is 0.0553. The number of nitrogens with zero attached hydrogens (tertiary/aromatic N) is 4. The van der Waals surface area contributed by atoms with E-state index < -0.39 is 6.10 Å². The van der Waals surface area contributed by atoms with Crippen molar-refractivity contribution in [1.29, 1.82) is 0 Å². The van der Waals surface area contributed by atoms with Gasteiger partial charge in [0.2, 0.25) is 0 Å². The number of aryl methyl sites for hydroxylation is 1. The molecule has 2 aromatic rings. The number of ether oxygens (including phenoxy) is 2. The lowest BCUT2D eigenvalue weighted by Gasteiger charge is -2.32. The SMILES string of the molecule is COc1cc(CN(C)Cc2cnn(C)c2)ccc1OCC(O)CN(C)C1CCCCC1. The zero-order valence-corrected chi connectivity index (χ0v) is 19.5. The molecule has 1 fully saturated rings. The molecule has 7 heteroatoms. The van der Waals surface area contributed by atoms with Crippen LogP contribution in [0.5, 0.6) is 11.5 Å². The maximum absolute atomic E-state index is 10.5. The molecule has 1 aromatic carbocycles. The van der Waals surface area contributed by atoms with Gasteiger partial charge in [0.1, 0.15) is 12.7 Å². The van der Waals surface area contributed by atoms with Crippen molar-refractivity contribution in [2.24, 2.45) is 7.05 Å². The zero-order chi connectivity index (χ0) is 22.2. The van der Waals surface area contributed by atoms with E-state index in [0.717, 1.165) is 18.7 Å². The number of benzene rings is 1. The third kappa shape index (κ3) is 7.23. The van der Waals surface area contributed by atoms with Crippen LogP contribution in [-0.2, 0) is 20.1 Å². The summed E-state index contributed by atoms with van der Waals surface area (Å²) in [5, 5.41) is 14.7. The van der Waals surface area contributed by atoms with E-state index in [2.05, 4.69) is 35.1 Å². The Morgan fingerprint density at radius 1 is 1.13 bits per heavy atom.